The van der Waals surface area contributed by atoms with Crippen molar-refractivity contribution in [3.63, 3.8) is 0 Å². The van der Waals surface area contributed by atoms with Crippen molar-refractivity contribution in [3.8, 4) is 0 Å². The zero-order chi connectivity index (χ0) is 23.0. The molecule has 12 heteroatoms. The van der Waals surface area contributed by atoms with Crippen LogP contribution in [0.2, 0.25) is 5.02 Å². The average Bonchev–Trinajstić information content (AvgIpc) is 3.19. The Labute approximate surface area is 185 Å². The van der Waals surface area contributed by atoms with E-state index in [0.29, 0.717) is 17.8 Å². The van der Waals surface area contributed by atoms with Crippen LogP contribution in [0.25, 0.3) is 0 Å². The number of amides is 2. The third-order valence-electron chi connectivity index (χ3n) is 3.84. The predicted molar refractivity (Wildman–Crippen MR) is 112 cm³/mol. The predicted octanol–water partition coefficient (Wildman–Crippen LogP) is 2.14. The Bertz CT molecular complexity index is 1020. The molecule has 0 fully saturated rings. The molecule has 2 aromatic rings. The highest BCUT2D eigenvalue weighted by molar-refractivity contribution is 7.14. The van der Waals surface area contributed by atoms with Crippen LogP contribution >= 0.6 is 22.9 Å². The largest absolute Gasteiger partial charge is 0.456 e. The summed E-state index contributed by atoms with van der Waals surface area (Å²) in [6, 6.07) is 6.84. The number of rotatable bonds is 10. The van der Waals surface area contributed by atoms with Crippen molar-refractivity contribution in [1.82, 2.24) is 10.6 Å². The topological polar surface area (TPSA) is 145 Å². The Morgan fingerprint density at radius 1 is 1.16 bits per heavy atom. The SMILES string of the molecule is CC(=O)NCCc1ccc(C(=O)COC(=O)CNC(=O)c2ccc(Cl)c([N+](=O)[O-])c2)s1. The second-order valence-corrected chi connectivity index (χ2v) is 7.76. The first-order chi connectivity index (χ1) is 14.7. The maximum atomic E-state index is 12.1. The molecule has 0 radical (unpaired) electrons. The lowest BCUT2D eigenvalue weighted by Crippen LogP contribution is -2.31. The number of Topliss-reactive ketones (excluding diaryl/α,β-unsaturated/α-hetero) is 1. The number of nitrogens with zero attached hydrogens (tertiary/aromatic N) is 1. The van der Waals surface area contributed by atoms with Crippen LogP contribution in [0, 0.1) is 10.1 Å². The molecule has 0 saturated carbocycles. The first-order valence-electron chi connectivity index (χ1n) is 8.91. The van der Waals surface area contributed by atoms with E-state index in [9.17, 15) is 29.3 Å². The van der Waals surface area contributed by atoms with Gasteiger partial charge in [-0.1, -0.05) is 11.6 Å². The molecule has 0 atom stereocenters. The molecule has 31 heavy (non-hydrogen) atoms. The first kappa shape index (κ1) is 24.0. The van der Waals surface area contributed by atoms with Crippen LogP contribution in [-0.4, -0.2) is 48.2 Å². The van der Waals surface area contributed by atoms with Crippen LogP contribution < -0.4 is 10.6 Å². The molecule has 0 aliphatic carbocycles. The minimum Gasteiger partial charge on any atom is -0.456 e. The zero-order valence-electron chi connectivity index (χ0n) is 16.3. The number of nitro groups is 1. The number of nitro benzene ring substituents is 1. The van der Waals surface area contributed by atoms with E-state index in [1.165, 1.54) is 30.4 Å². The third-order valence-corrected chi connectivity index (χ3v) is 5.35. The zero-order valence-corrected chi connectivity index (χ0v) is 17.9. The van der Waals surface area contributed by atoms with E-state index in [0.717, 1.165) is 10.9 Å². The number of esters is 1. The molecule has 0 spiro atoms. The number of hydrogen-bond acceptors (Lipinski definition) is 8. The maximum Gasteiger partial charge on any atom is 0.325 e. The molecular formula is C19H18ClN3O7S. The Hall–Kier alpha value is -3.31. The van der Waals surface area contributed by atoms with Gasteiger partial charge in [0.1, 0.15) is 11.6 Å². The number of carbonyl (C=O) groups excluding carboxylic acids is 4. The number of thiophene rings is 1. The van der Waals surface area contributed by atoms with Crippen LogP contribution in [0.5, 0.6) is 0 Å². The molecule has 0 unspecified atom stereocenters. The Kier molecular flexibility index (Phi) is 8.64. The fourth-order valence-electron chi connectivity index (χ4n) is 2.34. The normalized spacial score (nSPS) is 10.3. The molecule has 0 bridgehead atoms. The molecule has 0 saturated heterocycles. The van der Waals surface area contributed by atoms with Crippen molar-refractivity contribution >= 4 is 52.2 Å². The van der Waals surface area contributed by atoms with Gasteiger partial charge in [0.05, 0.1) is 9.80 Å². The fourth-order valence-corrected chi connectivity index (χ4v) is 3.46. The van der Waals surface area contributed by atoms with Gasteiger partial charge in [0.15, 0.2) is 6.61 Å². The number of benzene rings is 1. The van der Waals surface area contributed by atoms with Gasteiger partial charge < -0.3 is 15.4 Å². The minimum absolute atomic E-state index is 0.0506. The van der Waals surface area contributed by atoms with Gasteiger partial charge in [-0.25, -0.2) is 0 Å². The number of ether oxygens (including phenoxy) is 1. The van der Waals surface area contributed by atoms with E-state index >= 15 is 0 Å². The lowest BCUT2D eigenvalue weighted by molar-refractivity contribution is -0.384. The molecule has 164 valence electrons. The van der Waals surface area contributed by atoms with Crippen molar-refractivity contribution < 1.29 is 28.8 Å². The van der Waals surface area contributed by atoms with Crippen LogP contribution in [0.3, 0.4) is 0 Å². The van der Waals surface area contributed by atoms with Crippen molar-refractivity contribution in [1.29, 1.82) is 0 Å². The average molecular weight is 468 g/mol. The quantitative estimate of drug-likeness (QED) is 0.235. The van der Waals surface area contributed by atoms with E-state index in [1.54, 1.807) is 12.1 Å². The molecular weight excluding hydrogens is 450 g/mol. The Balaban J connectivity index is 1.79. The summed E-state index contributed by atoms with van der Waals surface area (Å²) in [5.41, 5.74) is -0.486. The van der Waals surface area contributed by atoms with Crippen LogP contribution in [0.4, 0.5) is 5.69 Å². The summed E-state index contributed by atoms with van der Waals surface area (Å²) in [6.07, 6.45) is 0.576. The monoisotopic (exact) mass is 467 g/mol. The summed E-state index contributed by atoms with van der Waals surface area (Å²) >= 11 is 6.93. The third kappa shape index (κ3) is 7.46. The summed E-state index contributed by atoms with van der Waals surface area (Å²) in [5.74, 6) is -2.11. The Morgan fingerprint density at radius 2 is 1.90 bits per heavy atom. The van der Waals surface area contributed by atoms with Crippen molar-refractivity contribution in [2.24, 2.45) is 0 Å². The van der Waals surface area contributed by atoms with Gasteiger partial charge in [0.2, 0.25) is 11.7 Å². The lowest BCUT2D eigenvalue weighted by Gasteiger charge is -2.06. The standard InChI is InChI=1S/C19H18ClN3O7S/c1-11(24)21-7-6-13-3-5-17(31-13)16(25)10-30-18(26)9-22-19(27)12-2-4-14(20)15(8-12)23(28)29/h2-5,8H,6-7,9-10H2,1H3,(H,21,24)(H,22,27). The summed E-state index contributed by atoms with van der Waals surface area (Å²) in [7, 11) is 0. The van der Waals surface area contributed by atoms with Gasteiger partial charge >= 0.3 is 5.97 Å². The molecule has 1 aromatic carbocycles. The van der Waals surface area contributed by atoms with Crippen molar-refractivity contribution in [2.45, 2.75) is 13.3 Å². The fraction of sp³-hybridized carbons (Fsp3) is 0.263. The summed E-state index contributed by atoms with van der Waals surface area (Å²) < 4.78 is 4.86. The number of carbonyl (C=O) groups is 4. The van der Waals surface area contributed by atoms with E-state index in [2.05, 4.69) is 10.6 Å². The van der Waals surface area contributed by atoms with Gasteiger partial charge in [0, 0.05) is 30.0 Å². The second kappa shape index (κ2) is 11.2. The van der Waals surface area contributed by atoms with E-state index in [4.69, 9.17) is 16.3 Å². The van der Waals surface area contributed by atoms with E-state index < -0.39 is 41.4 Å². The molecule has 1 aromatic heterocycles. The number of halogens is 1. The van der Waals surface area contributed by atoms with Gasteiger partial charge in [-0.2, -0.15) is 0 Å². The number of hydrogen-bond donors (Lipinski definition) is 2. The van der Waals surface area contributed by atoms with Crippen LogP contribution in [0.1, 0.15) is 31.8 Å². The highest BCUT2D eigenvalue weighted by Gasteiger charge is 2.18. The van der Waals surface area contributed by atoms with Crippen molar-refractivity contribution in [2.75, 3.05) is 19.7 Å². The van der Waals surface area contributed by atoms with Crippen LogP contribution in [-0.2, 0) is 20.7 Å². The molecule has 10 nitrogen and oxygen atoms in total. The lowest BCUT2D eigenvalue weighted by atomic mass is 10.2. The smallest absolute Gasteiger partial charge is 0.325 e. The van der Waals surface area contributed by atoms with Crippen LogP contribution in [0.15, 0.2) is 30.3 Å². The molecule has 1 heterocycles. The number of ketones is 1. The highest BCUT2D eigenvalue weighted by Crippen LogP contribution is 2.25. The second-order valence-electron chi connectivity index (χ2n) is 6.19. The summed E-state index contributed by atoms with van der Waals surface area (Å²) in [5, 5.41) is 15.7. The molecule has 2 N–H and O–H groups in total. The van der Waals surface area contributed by atoms with E-state index in [-0.39, 0.29) is 16.5 Å². The van der Waals surface area contributed by atoms with Crippen molar-refractivity contribution in [3.05, 3.63) is 60.8 Å². The first-order valence-corrected chi connectivity index (χ1v) is 10.1. The summed E-state index contributed by atoms with van der Waals surface area (Å²) in [6.45, 7) is 0.857. The molecule has 0 aliphatic heterocycles. The van der Waals surface area contributed by atoms with Gasteiger partial charge in [0.25, 0.3) is 11.6 Å². The minimum atomic E-state index is -0.840. The van der Waals surface area contributed by atoms with Gasteiger partial charge in [-0.3, -0.25) is 29.3 Å². The van der Waals surface area contributed by atoms with Gasteiger partial charge in [-0.15, -0.1) is 11.3 Å². The molecule has 0 aliphatic rings. The Morgan fingerprint density at radius 3 is 2.58 bits per heavy atom. The molecule has 2 amide bonds. The number of nitrogens with one attached hydrogen (secondary N) is 2. The molecule has 2 rings (SSSR count). The van der Waals surface area contributed by atoms with Gasteiger partial charge in [-0.05, 0) is 30.7 Å². The summed E-state index contributed by atoms with van der Waals surface area (Å²) in [4.78, 5) is 58.3. The van der Waals surface area contributed by atoms with E-state index in [1.807, 2.05) is 0 Å². The highest BCUT2D eigenvalue weighted by atomic mass is 35.5. The maximum absolute atomic E-state index is 12.1.